The highest BCUT2D eigenvalue weighted by Crippen LogP contribution is 1.75. The number of rotatable bonds is 0. The molecule has 0 saturated carbocycles. The summed E-state index contributed by atoms with van der Waals surface area (Å²) in [6, 6.07) is 11.6. The van der Waals surface area contributed by atoms with E-state index in [2.05, 4.69) is 4.98 Å². The first-order chi connectivity index (χ1) is 4.50. The smallest absolute Gasteiger partial charge is 0.0623 e. The third-order valence-corrected chi connectivity index (χ3v) is 0.900. The van der Waals surface area contributed by atoms with Crippen LogP contribution in [0.1, 0.15) is 0 Å². The predicted octanol–water partition coefficient (Wildman–Crippen LogP) is 1.77. The molecule has 0 bridgehead atoms. The van der Waals surface area contributed by atoms with Gasteiger partial charge in [0.1, 0.15) is 0 Å². The van der Waals surface area contributed by atoms with Crippen LogP contribution in [0.5, 0.6) is 0 Å². The first-order valence-corrected chi connectivity index (χ1v) is 2.85. The van der Waals surface area contributed by atoms with E-state index in [9.17, 15) is 0 Å². The number of hydrogen-bond acceptors (Lipinski definition) is 0. The average Bonchev–Trinajstić information content (AvgIpc) is 2.00. The van der Waals surface area contributed by atoms with Gasteiger partial charge in [-0.1, -0.05) is 36.4 Å². The van der Waals surface area contributed by atoms with E-state index in [4.69, 9.17) is 0 Å². The van der Waals surface area contributed by atoms with E-state index >= 15 is 0 Å². The van der Waals surface area contributed by atoms with Crippen molar-refractivity contribution in [2.45, 2.75) is 0 Å². The lowest BCUT2D eigenvalue weighted by molar-refractivity contribution is 1.32. The van der Waals surface area contributed by atoms with E-state index in [-0.39, 0.29) is 0 Å². The zero-order valence-electron chi connectivity index (χ0n) is 5.07. The molecule has 0 amide bonds. The van der Waals surface area contributed by atoms with Crippen molar-refractivity contribution in [3.8, 4) is 0 Å². The topological polar surface area (TPSA) is 14.1 Å². The molecule has 0 spiro atoms. The van der Waals surface area contributed by atoms with Gasteiger partial charge in [-0.25, -0.2) is 0 Å². The molecular weight excluding hydrogens is 110 g/mol. The zero-order chi connectivity index (χ0) is 6.36. The minimum absolute atomic E-state index is 1.75. The molecule has 0 radical (unpaired) electrons. The first kappa shape index (κ1) is 5.89. The van der Waals surface area contributed by atoms with Crippen LogP contribution in [0.4, 0.5) is 0 Å². The second-order valence-corrected chi connectivity index (χ2v) is 1.60. The Balaban J connectivity index is 3.04. The maximum atomic E-state index is 3.93. The van der Waals surface area contributed by atoms with Crippen LogP contribution in [-0.2, 0) is 0 Å². The molecule has 0 aromatic carbocycles. The van der Waals surface area contributed by atoms with Crippen LogP contribution in [0.25, 0.3) is 0 Å². The van der Waals surface area contributed by atoms with Gasteiger partial charge in [-0.3, -0.25) is 0 Å². The van der Waals surface area contributed by atoms with Gasteiger partial charge in [-0.15, -0.1) is 0 Å². The normalized spacial score (nSPS) is 8.00. The number of hydrogen-bond donors (Lipinski definition) is 0. The molecule has 1 aromatic rings. The number of aromatic nitrogens is 1. The predicted molar refractivity (Wildman–Crippen MR) is 37.4 cm³/mol. The summed E-state index contributed by atoms with van der Waals surface area (Å²) in [7, 11) is 0. The molecule has 1 nitrogen and oxygen atoms in total. The average molecular weight is 118 g/mol. The Bertz CT molecular complexity index is 126. The molecule has 0 saturated heterocycles. The van der Waals surface area contributed by atoms with Crippen LogP contribution in [0, 0.1) is 0 Å². The van der Waals surface area contributed by atoms with Crippen molar-refractivity contribution in [2.24, 2.45) is 0 Å². The fourth-order valence-electron chi connectivity index (χ4n) is 0.505. The molecule has 0 atom stereocenters. The summed E-state index contributed by atoms with van der Waals surface area (Å²) >= 11 is 0. The van der Waals surface area contributed by atoms with Gasteiger partial charge in [0, 0.05) is 0 Å². The lowest BCUT2D eigenvalue weighted by atomic mass is 10.5. The highest BCUT2D eigenvalue weighted by atomic mass is 14.6. The van der Waals surface area contributed by atoms with Crippen LogP contribution in [0.15, 0.2) is 48.8 Å². The van der Waals surface area contributed by atoms with Crippen LogP contribution >= 0.6 is 0 Å². The van der Waals surface area contributed by atoms with E-state index in [0.29, 0.717) is 0 Å². The van der Waals surface area contributed by atoms with Gasteiger partial charge in [0.05, 0.1) is 0 Å². The highest BCUT2D eigenvalue weighted by molar-refractivity contribution is 4.93. The molecule has 0 aliphatic heterocycles. The Hall–Kier alpha value is -1.24. The van der Waals surface area contributed by atoms with Gasteiger partial charge >= 0.3 is 0 Å². The lowest BCUT2D eigenvalue weighted by Gasteiger charge is -1.83. The molecule has 1 heteroatoms. The monoisotopic (exact) mass is 118 g/mol. The summed E-state index contributed by atoms with van der Waals surface area (Å²) in [5.74, 6) is 0. The number of nitrogens with zero attached hydrogens (tertiary/aromatic N) is 1. The molecule has 1 heterocycles. The van der Waals surface area contributed by atoms with Crippen molar-refractivity contribution in [1.29, 1.82) is 0 Å². The van der Waals surface area contributed by atoms with Crippen LogP contribution in [0.3, 0.4) is 0 Å². The molecular formula is C8H8N-. The van der Waals surface area contributed by atoms with Gasteiger partial charge in [0.2, 0.25) is 0 Å². The van der Waals surface area contributed by atoms with Crippen LogP contribution in [-0.4, -0.2) is 0 Å². The van der Waals surface area contributed by atoms with Gasteiger partial charge < -0.3 is 4.98 Å². The second-order valence-electron chi connectivity index (χ2n) is 1.60. The summed E-state index contributed by atoms with van der Waals surface area (Å²) in [6.45, 7) is 0. The van der Waals surface area contributed by atoms with E-state index in [0.717, 1.165) is 0 Å². The van der Waals surface area contributed by atoms with E-state index in [1.807, 2.05) is 36.4 Å². The fraction of sp³-hybridized carbons (Fsp3) is 0. The summed E-state index contributed by atoms with van der Waals surface area (Å²) in [6.07, 6.45) is 3.50. The van der Waals surface area contributed by atoms with Gasteiger partial charge in [0.25, 0.3) is 0 Å². The Labute approximate surface area is 54.7 Å². The van der Waals surface area contributed by atoms with Crippen molar-refractivity contribution in [3.63, 3.8) is 0 Å². The van der Waals surface area contributed by atoms with Gasteiger partial charge in [-0.2, -0.15) is 12.4 Å². The van der Waals surface area contributed by atoms with Crippen LogP contribution < -0.4 is 4.98 Å². The molecule has 0 fully saturated rings. The molecule has 0 aliphatic rings. The van der Waals surface area contributed by atoms with E-state index in [1.165, 1.54) is 0 Å². The quantitative estimate of drug-likeness (QED) is 0.506. The van der Waals surface area contributed by atoms with Crippen molar-refractivity contribution in [2.75, 3.05) is 0 Å². The summed E-state index contributed by atoms with van der Waals surface area (Å²) in [4.78, 5) is 3.93. The SMILES string of the molecule is c1cccc[n-]ccc1. The Kier molecular flexibility index (Phi) is 2.44. The lowest BCUT2D eigenvalue weighted by Crippen LogP contribution is -1.58. The van der Waals surface area contributed by atoms with E-state index in [1.54, 1.807) is 12.4 Å². The standard InChI is InChI=1S/C8H8N/c1-2-4-6-8-9-7-5-3-1/h1-8H/q-1. The Morgan fingerprint density at radius 3 is 1.56 bits per heavy atom. The minimum Gasteiger partial charge on any atom is -0.670 e. The third-order valence-electron chi connectivity index (χ3n) is 0.900. The zero-order valence-corrected chi connectivity index (χ0v) is 5.07. The molecule has 1 rings (SSSR count). The van der Waals surface area contributed by atoms with Crippen molar-refractivity contribution >= 4 is 0 Å². The molecule has 9 heavy (non-hydrogen) atoms. The van der Waals surface area contributed by atoms with Crippen molar-refractivity contribution in [1.82, 2.24) is 4.98 Å². The van der Waals surface area contributed by atoms with Crippen molar-refractivity contribution in [3.05, 3.63) is 48.8 Å². The van der Waals surface area contributed by atoms with Gasteiger partial charge in [0.15, 0.2) is 0 Å². The summed E-state index contributed by atoms with van der Waals surface area (Å²) in [5, 5.41) is 0. The molecule has 0 N–H and O–H groups in total. The summed E-state index contributed by atoms with van der Waals surface area (Å²) in [5.41, 5.74) is 0. The maximum absolute atomic E-state index is 3.93. The second kappa shape index (κ2) is 3.72. The highest BCUT2D eigenvalue weighted by Gasteiger charge is 1.51. The molecule has 0 aliphatic carbocycles. The van der Waals surface area contributed by atoms with E-state index < -0.39 is 0 Å². The fourth-order valence-corrected chi connectivity index (χ4v) is 0.505. The Morgan fingerprint density at radius 2 is 1.00 bits per heavy atom. The van der Waals surface area contributed by atoms with Crippen molar-refractivity contribution < 1.29 is 0 Å². The Morgan fingerprint density at radius 1 is 0.556 bits per heavy atom. The molecule has 0 unspecified atom stereocenters. The summed E-state index contributed by atoms with van der Waals surface area (Å²) < 4.78 is 0. The maximum Gasteiger partial charge on any atom is -0.0623 e. The molecule has 46 valence electrons. The minimum atomic E-state index is 1.75. The van der Waals surface area contributed by atoms with Gasteiger partial charge in [-0.05, 0) is 0 Å². The van der Waals surface area contributed by atoms with Crippen LogP contribution in [0.2, 0.25) is 0 Å². The molecule has 1 aromatic heterocycles. The third kappa shape index (κ3) is 2.54. The largest absolute Gasteiger partial charge is 0.670 e. The first-order valence-electron chi connectivity index (χ1n) is 2.85.